The predicted molar refractivity (Wildman–Crippen MR) is 56.4 cm³/mol. The molecule has 0 aliphatic heterocycles. The van der Waals surface area contributed by atoms with Gasteiger partial charge in [-0.2, -0.15) is 0 Å². The lowest BCUT2D eigenvalue weighted by Crippen LogP contribution is -2.21. The number of rotatable bonds is 3. The standard InChI is InChI=1S/C11H10N2O3/c1-15-13-11(14)9-7-12-16-10(9)8-5-3-2-4-6-8/h2-7H,1H3,(H,13,14). The molecule has 0 aliphatic carbocycles. The highest BCUT2D eigenvalue weighted by Gasteiger charge is 2.17. The van der Waals surface area contributed by atoms with Crippen LogP contribution in [0.2, 0.25) is 0 Å². The first-order chi connectivity index (χ1) is 7.83. The summed E-state index contributed by atoms with van der Waals surface area (Å²) in [5.74, 6) is 0.0396. The number of aromatic nitrogens is 1. The van der Waals surface area contributed by atoms with Crippen molar-refractivity contribution in [2.75, 3.05) is 7.11 Å². The summed E-state index contributed by atoms with van der Waals surface area (Å²) in [5.41, 5.74) is 3.35. The van der Waals surface area contributed by atoms with Crippen molar-refractivity contribution in [3.63, 3.8) is 0 Å². The monoisotopic (exact) mass is 218 g/mol. The van der Waals surface area contributed by atoms with Crippen LogP contribution in [0.3, 0.4) is 0 Å². The lowest BCUT2D eigenvalue weighted by molar-refractivity contribution is 0.0538. The fourth-order valence-electron chi connectivity index (χ4n) is 1.35. The maximum atomic E-state index is 11.6. The minimum atomic E-state index is -0.386. The molecule has 0 bridgehead atoms. The van der Waals surface area contributed by atoms with E-state index >= 15 is 0 Å². The molecule has 5 heteroatoms. The molecule has 82 valence electrons. The van der Waals surface area contributed by atoms with E-state index in [1.54, 1.807) is 0 Å². The summed E-state index contributed by atoms with van der Waals surface area (Å²) in [5, 5.41) is 3.61. The quantitative estimate of drug-likeness (QED) is 0.795. The average molecular weight is 218 g/mol. The molecule has 0 fully saturated rings. The van der Waals surface area contributed by atoms with Gasteiger partial charge in [0.05, 0.1) is 13.3 Å². The summed E-state index contributed by atoms with van der Waals surface area (Å²) >= 11 is 0. The lowest BCUT2D eigenvalue weighted by atomic mass is 10.1. The largest absolute Gasteiger partial charge is 0.355 e. The van der Waals surface area contributed by atoms with Crippen molar-refractivity contribution in [1.29, 1.82) is 0 Å². The smallest absolute Gasteiger partial charge is 0.280 e. The van der Waals surface area contributed by atoms with E-state index in [-0.39, 0.29) is 5.91 Å². The summed E-state index contributed by atoms with van der Waals surface area (Å²) in [4.78, 5) is 16.1. The van der Waals surface area contributed by atoms with Gasteiger partial charge in [-0.1, -0.05) is 35.5 Å². The maximum absolute atomic E-state index is 11.6. The Bertz CT molecular complexity index is 479. The molecule has 0 unspecified atom stereocenters. The minimum Gasteiger partial charge on any atom is -0.355 e. The first kappa shape index (κ1) is 10.4. The Morgan fingerprint density at radius 2 is 2.12 bits per heavy atom. The number of hydrogen-bond acceptors (Lipinski definition) is 4. The second-order valence-corrected chi connectivity index (χ2v) is 3.07. The van der Waals surface area contributed by atoms with E-state index in [4.69, 9.17) is 4.52 Å². The summed E-state index contributed by atoms with van der Waals surface area (Å²) in [6.45, 7) is 0. The number of nitrogens with zero attached hydrogens (tertiary/aromatic N) is 1. The molecule has 0 radical (unpaired) electrons. The highest BCUT2D eigenvalue weighted by atomic mass is 16.6. The van der Waals surface area contributed by atoms with E-state index in [1.807, 2.05) is 30.3 Å². The fourth-order valence-corrected chi connectivity index (χ4v) is 1.35. The van der Waals surface area contributed by atoms with Crippen LogP contribution >= 0.6 is 0 Å². The molecule has 1 amide bonds. The van der Waals surface area contributed by atoms with Gasteiger partial charge < -0.3 is 4.52 Å². The van der Waals surface area contributed by atoms with E-state index in [9.17, 15) is 4.79 Å². The van der Waals surface area contributed by atoms with Crippen molar-refractivity contribution in [3.05, 3.63) is 42.1 Å². The number of hydrogen-bond donors (Lipinski definition) is 1. The van der Waals surface area contributed by atoms with Crippen LogP contribution in [0, 0.1) is 0 Å². The highest BCUT2D eigenvalue weighted by molar-refractivity contribution is 5.98. The Morgan fingerprint density at radius 3 is 2.81 bits per heavy atom. The SMILES string of the molecule is CONC(=O)c1cnoc1-c1ccccc1. The number of amides is 1. The molecule has 1 heterocycles. The molecule has 0 saturated carbocycles. The first-order valence-corrected chi connectivity index (χ1v) is 4.66. The van der Waals surface area contributed by atoms with Crippen molar-refractivity contribution >= 4 is 5.91 Å². The maximum Gasteiger partial charge on any atom is 0.280 e. The van der Waals surface area contributed by atoms with Gasteiger partial charge in [0.25, 0.3) is 5.91 Å². The van der Waals surface area contributed by atoms with Crippen molar-refractivity contribution in [1.82, 2.24) is 10.6 Å². The van der Waals surface area contributed by atoms with Crippen LogP contribution in [0.5, 0.6) is 0 Å². The Kier molecular flexibility index (Phi) is 2.98. The molecule has 1 N–H and O–H groups in total. The van der Waals surface area contributed by atoms with E-state index < -0.39 is 0 Å². The van der Waals surface area contributed by atoms with E-state index in [1.165, 1.54) is 13.3 Å². The van der Waals surface area contributed by atoms with Gasteiger partial charge in [0.2, 0.25) is 0 Å². The van der Waals surface area contributed by atoms with E-state index in [0.29, 0.717) is 11.3 Å². The number of carbonyl (C=O) groups is 1. The van der Waals surface area contributed by atoms with Gasteiger partial charge >= 0.3 is 0 Å². The Labute approximate surface area is 92.0 Å². The average Bonchev–Trinajstić information content (AvgIpc) is 2.79. The van der Waals surface area contributed by atoms with E-state index in [2.05, 4.69) is 15.5 Å². The zero-order valence-corrected chi connectivity index (χ0v) is 8.64. The second kappa shape index (κ2) is 4.59. The molecule has 0 atom stereocenters. The molecule has 0 aliphatic rings. The molecule has 1 aromatic heterocycles. The summed E-state index contributed by atoms with van der Waals surface area (Å²) in [6, 6.07) is 9.27. The second-order valence-electron chi connectivity index (χ2n) is 3.07. The summed E-state index contributed by atoms with van der Waals surface area (Å²) in [7, 11) is 1.37. The first-order valence-electron chi connectivity index (χ1n) is 4.66. The topological polar surface area (TPSA) is 64.4 Å². The van der Waals surface area contributed by atoms with Gasteiger partial charge in [0.15, 0.2) is 5.76 Å². The van der Waals surface area contributed by atoms with Crippen LogP contribution in [0.4, 0.5) is 0 Å². The van der Waals surface area contributed by atoms with Gasteiger partial charge in [0, 0.05) is 5.56 Å². The number of carbonyl (C=O) groups excluding carboxylic acids is 1. The normalized spacial score (nSPS) is 10.1. The fraction of sp³-hybridized carbons (Fsp3) is 0.0909. The Balaban J connectivity index is 2.37. The van der Waals surface area contributed by atoms with Crippen molar-refractivity contribution in [3.8, 4) is 11.3 Å². The zero-order chi connectivity index (χ0) is 11.4. The molecule has 1 aromatic carbocycles. The molecule has 16 heavy (non-hydrogen) atoms. The van der Waals surface area contributed by atoms with Gasteiger partial charge in [-0.15, -0.1) is 0 Å². The summed E-state index contributed by atoms with van der Waals surface area (Å²) in [6.07, 6.45) is 1.36. The number of benzene rings is 1. The minimum absolute atomic E-state index is 0.341. The van der Waals surface area contributed by atoms with Gasteiger partial charge in [-0.05, 0) is 0 Å². The van der Waals surface area contributed by atoms with Crippen molar-refractivity contribution in [2.24, 2.45) is 0 Å². The van der Waals surface area contributed by atoms with Crippen molar-refractivity contribution < 1.29 is 14.2 Å². The molecule has 0 saturated heterocycles. The summed E-state index contributed by atoms with van der Waals surface area (Å²) < 4.78 is 5.05. The van der Waals surface area contributed by atoms with Gasteiger partial charge in [-0.3, -0.25) is 9.63 Å². The third-order valence-electron chi connectivity index (χ3n) is 2.05. The van der Waals surface area contributed by atoms with E-state index in [0.717, 1.165) is 5.56 Å². The van der Waals surface area contributed by atoms with Crippen LogP contribution in [0.15, 0.2) is 41.1 Å². The van der Waals surface area contributed by atoms with Gasteiger partial charge in [-0.25, -0.2) is 5.48 Å². The third-order valence-corrected chi connectivity index (χ3v) is 2.05. The predicted octanol–water partition coefficient (Wildman–Crippen LogP) is 1.63. The molecule has 0 spiro atoms. The lowest BCUT2D eigenvalue weighted by Gasteiger charge is -2.01. The van der Waals surface area contributed by atoms with Crippen LogP contribution in [0.25, 0.3) is 11.3 Å². The van der Waals surface area contributed by atoms with Crippen LogP contribution in [-0.2, 0) is 4.84 Å². The van der Waals surface area contributed by atoms with Crippen molar-refractivity contribution in [2.45, 2.75) is 0 Å². The van der Waals surface area contributed by atoms with Crippen LogP contribution < -0.4 is 5.48 Å². The number of nitrogens with one attached hydrogen (secondary N) is 1. The van der Waals surface area contributed by atoms with Crippen LogP contribution in [-0.4, -0.2) is 18.2 Å². The Morgan fingerprint density at radius 1 is 1.38 bits per heavy atom. The van der Waals surface area contributed by atoms with Gasteiger partial charge in [0.1, 0.15) is 5.56 Å². The third kappa shape index (κ3) is 1.94. The molecule has 5 nitrogen and oxygen atoms in total. The molecular weight excluding hydrogens is 208 g/mol. The Hall–Kier alpha value is -2.14. The molecule has 2 aromatic rings. The highest BCUT2D eigenvalue weighted by Crippen LogP contribution is 2.22. The zero-order valence-electron chi connectivity index (χ0n) is 8.64. The number of hydroxylamine groups is 1. The molecular formula is C11H10N2O3. The van der Waals surface area contributed by atoms with Crippen LogP contribution in [0.1, 0.15) is 10.4 Å². The molecule has 2 rings (SSSR count).